The average Bonchev–Trinajstić information content (AvgIpc) is 2.18. The number of rotatable bonds is 1. The molecule has 0 aliphatic rings. The summed E-state index contributed by atoms with van der Waals surface area (Å²) >= 11 is 0. The van der Waals surface area contributed by atoms with Gasteiger partial charge in [-0.1, -0.05) is 6.07 Å². The van der Waals surface area contributed by atoms with E-state index in [0.29, 0.717) is 16.7 Å². The lowest BCUT2D eigenvalue weighted by Gasteiger charge is -2.03. The molecule has 0 aliphatic carbocycles. The normalized spacial score (nSPS) is 10.3. The molecule has 3 heteroatoms. The first-order chi connectivity index (χ1) is 6.33. The van der Waals surface area contributed by atoms with E-state index in [1.807, 2.05) is 0 Å². The zero-order valence-corrected chi connectivity index (χ0v) is 7.12. The second-order valence-electron chi connectivity index (χ2n) is 2.65. The molecule has 0 fully saturated rings. The van der Waals surface area contributed by atoms with Gasteiger partial charge in [0.05, 0.1) is 7.11 Å². The molecule has 0 amide bonds. The number of hydrogen-bond acceptors (Lipinski definition) is 2. The van der Waals surface area contributed by atoms with Crippen molar-refractivity contribution in [2.24, 2.45) is 0 Å². The van der Waals surface area contributed by atoms with Crippen LogP contribution >= 0.6 is 0 Å². The number of pyridine rings is 1. The average molecular weight is 177 g/mol. The topological polar surface area (TPSA) is 22.1 Å². The van der Waals surface area contributed by atoms with Crippen molar-refractivity contribution in [2.45, 2.75) is 0 Å². The summed E-state index contributed by atoms with van der Waals surface area (Å²) in [6.07, 6.45) is 1.53. The second-order valence-corrected chi connectivity index (χ2v) is 2.65. The van der Waals surface area contributed by atoms with E-state index in [1.165, 1.54) is 12.3 Å². The molecule has 66 valence electrons. The lowest BCUT2D eigenvalue weighted by molar-refractivity contribution is 0.419. The number of ether oxygens (including phenoxy) is 1. The van der Waals surface area contributed by atoms with E-state index in [4.69, 9.17) is 4.74 Å². The van der Waals surface area contributed by atoms with Gasteiger partial charge in [0.15, 0.2) is 0 Å². The van der Waals surface area contributed by atoms with Crippen molar-refractivity contribution < 1.29 is 9.13 Å². The predicted octanol–water partition coefficient (Wildman–Crippen LogP) is 2.38. The summed E-state index contributed by atoms with van der Waals surface area (Å²) in [6, 6.07) is 6.52. The fraction of sp³-hybridized carbons (Fsp3) is 0.100. The Hall–Kier alpha value is -1.64. The van der Waals surface area contributed by atoms with Gasteiger partial charge in [0.25, 0.3) is 0 Å². The Bertz CT molecular complexity index is 442. The largest absolute Gasteiger partial charge is 0.496 e. The maximum Gasteiger partial charge on any atom is 0.149 e. The highest BCUT2D eigenvalue weighted by molar-refractivity contribution is 5.85. The number of halogens is 1. The minimum atomic E-state index is -0.323. The van der Waals surface area contributed by atoms with Crippen molar-refractivity contribution in [3.05, 3.63) is 36.3 Å². The van der Waals surface area contributed by atoms with Crippen LogP contribution in [0.25, 0.3) is 10.9 Å². The predicted molar refractivity (Wildman–Crippen MR) is 48.3 cm³/mol. The molecule has 0 aliphatic heterocycles. The van der Waals surface area contributed by atoms with Crippen molar-refractivity contribution in [3.8, 4) is 5.75 Å². The summed E-state index contributed by atoms with van der Waals surface area (Å²) < 4.78 is 18.3. The number of para-hydroxylation sites is 1. The zero-order chi connectivity index (χ0) is 9.26. The molecule has 0 saturated carbocycles. The van der Waals surface area contributed by atoms with Crippen LogP contribution in [-0.4, -0.2) is 12.1 Å². The Balaban J connectivity index is 2.84. The van der Waals surface area contributed by atoms with Crippen molar-refractivity contribution in [1.82, 2.24) is 4.98 Å². The molecule has 1 aromatic carbocycles. The molecular weight excluding hydrogens is 169 g/mol. The van der Waals surface area contributed by atoms with E-state index >= 15 is 0 Å². The molecule has 0 saturated heterocycles. The van der Waals surface area contributed by atoms with Gasteiger partial charge in [-0.05, 0) is 18.2 Å². The first-order valence-corrected chi connectivity index (χ1v) is 3.90. The van der Waals surface area contributed by atoms with Crippen LogP contribution in [0.2, 0.25) is 0 Å². The molecule has 0 N–H and O–H groups in total. The van der Waals surface area contributed by atoms with Crippen LogP contribution in [0, 0.1) is 5.82 Å². The first-order valence-electron chi connectivity index (χ1n) is 3.90. The van der Waals surface area contributed by atoms with Crippen LogP contribution in [0.1, 0.15) is 0 Å². The molecule has 2 nitrogen and oxygen atoms in total. The van der Waals surface area contributed by atoms with Gasteiger partial charge >= 0.3 is 0 Å². The standard InChI is InChI=1S/C10H8FNO/c1-13-9-5-6-12-10-7(9)3-2-4-8(10)11/h2-6H,1H3. The highest BCUT2D eigenvalue weighted by Gasteiger charge is 2.04. The highest BCUT2D eigenvalue weighted by Crippen LogP contribution is 2.24. The molecule has 1 aromatic heterocycles. The van der Waals surface area contributed by atoms with Crippen LogP contribution in [0.5, 0.6) is 5.75 Å². The van der Waals surface area contributed by atoms with Crippen LogP contribution in [-0.2, 0) is 0 Å². The molecule has 1 heterocycles. The summed E-state index contributed by atoms with van der Waals surface area (Å²) in [4.78, 5) is 3.93. The second kappa shape index (κ2) is 3.01. The van der Waals surface area contributed by atoms with E-state index in [2.05, 4.69) is 4.98 Å². The number of aromatic nitrogens is 1. The number of fused-ring (bicyclic) bond motifs is 1. The highest BCUT2D eigenvalue weighted by atomic mass is 19.1. The van der Waals surface area contributed by atoms with Gasteiger partial charge in [0.2, 0.25) is 0 Å². The SMILES string of the molecule is COc1ccnc2c(F)cccc12. The van der Waals surface area contributed by atoms with Crippen molar-refractivity contribution in [2.75, 3.05) is 7.11 Å². The van der Waals surface area contributed by atoms with E-state index in [0.717, 1.165) is 0 Å². The van der Waals surface area contributed by atoms with Crippen LogP contribution in [0.3, 0.4) is 0 Å². The third kappa shape index (κ3) is 1.22. The Morgan fingerprint density at radius 3 is 2.92 bits per heavy atom. The van der Waals surface area contributed by atoms with Gasteiger partial charge in [-0.3, -0.25) is 4.98 Å². The Kier molecular flexibility index (Phi) is 1.85. The first kappa shape index (κ1) is 7.98. The number of methoxy groups -OCH3 is 1. The summed E-state index contributed by atoms with van der Waals surface area (Å²) in [5.74, 6) is 0.320. The number of nitrogens with zero attached hydrogens (tertiary/aromatic N) is 1. The fourth-order valence-electron chi connectivity index (χ4n) is 1.29. The van der Waals surface area contributed by atoms with E-state index in [-0.39, 0.29) is 5.82 Å². The van der Waals surface area contributed by atoms with Gasteiger partial charge in [0, 0.05) is 11.6 Å². The van der Waals surface area contributed by atoms with E-state index < -0.39 is 0 Å². The number of hydrogen-bond donors (Lipinski definition) is 0. The maximum absolute atomic E-state index is 13.2. The Morgan fingerprint density at radius 2 is 2.15 bits per heavy atom. The summed E-state index contributed by atoms with van der Waals surface area (Å²) in [5.41, 5.74) is 0.349. The lowest BCUT2D eigenvalue weighted by atomic mass is 10.2. The van der Waals surface area contributed by atoms with Crippen LogP contribution in [0.4, 0.5) is 4.39 Å². The van der Waals surface area contributed by atoms with Gasteiger partial charge in [-0.2, -0.15) is 0 Å². The van der Waals surface area contributed by atoms with Gasteiger partial charge in [-0.25, -0.2) is 4.39 Å². The molecule has 0 radical (unpaired) electrons. The minimum Gasteiger partial charge on any atom is -0.496 e. The number of benzene rings is 1. The van der Waals surface area contributed by atoms with Crippen molar-refractivity contribution >= 4 is 10.9 Å². The fourth-order valence-corrected chi connectivity index (χ4v) is 1.29. The molecule has 13 heavy (non-hydrogen) atoms. The Labute approximate surface area is 75.0 Å². The quantitative estimate of drug-likeness (QED) is 0.667. The molecule has 0 bridgehead atoms. The maximum atomic E-state index is 13.2. The Morgan fingerprint density at radius 1 is 1.31 bits per heavy atom. The summed E-state index contributed by atoms with van der Waals surface area (Å²) in [5, 5.41) is 0.699. The van der Waals surface area contributed by atoms with Gasteiger partial charge < -0.3 is 4.74 Å². The van der Waals surface area contributed by atoms with Crippen molar-refractivity contribution in [3.63, 3.8) is 0 Å². The summed E-state index contributed by atoms with van der Waals surface area (Å²) in [6.45, 7) is 0. The van der Waals surface area contributed by atoms with Gasteiger partial charge in [-0.15, -0.1) is 0 Å². The zero-order valence-electron chi connectivity index (χ0n) is 7.12. The molecular formula is C10H8FNO. The molecule has 0 unspecified atom stereocenters. The summed E-state index contributed by atoms with van der Waals surface area (Å²) in [7, 11) is 1.56. The third-order valence-electron chi connectivity index (χ3n) is 1.90. The smallest absolute Gasteiger partial charge is 0.149 e. The molecule has 2 rings (SSSR count). The third-order valence-corrected chi connectivity index (χ3v) is 1.90. The molecule has 0 spiro atoms. The van der Waals surface area contributed by atoms with Gasteiger partial charge in [0.1, 0.15) is 17.1 Å². The lowest BCUT2D eigenvalue weighted by Crippen LogP contribution is -1.88. The van der Waals surface area contributed by atoms with E-state index in [9.17, 15) is 4.39 Å². The van der Waals surface area contributed by atoms with Crippen LogP contribution in [0.15, 0.2) is 30.5 Å². The monoisotopic (exact) mass is 177 g/mol. The van der Waals surface area contributed by atoms with Crippen LogP contribution < -0.4 is 4.74 Å². The minimum absolute atomic E-state index is 0.323. The molecule has 2 aromatic rings. The van der Waals surface area contributed by atoms with Crippen molar-refractivity contribution in [1.29, 1.82) is 0 Å². The molecule has 0 atom stereocenters. The van der Waals surface area contributed by atoms with E-state index in [1.54, 1.807) is 25.3 Å².